The van der Waals surface area contributed by atoms with Gasteiger partial charge >= 0.3 is 0 Å². The lowest BCUT2D eigenvalue weighted by Gasteiger charge is -2.21. The molecule has 0 fully saturated rings. The van der Waals surface area contributed by atoms with Crippen LogP contribution in [-0.4, -0.2) is 27.9 Å². The Morgan fingerprint density at radius 2 is 2.04 bits per heavy atom. The Morgan fingerprint density at radius 1 is 1.25 bits per heavy atom. The average molecular weight is 440 g/mol. The van der Waals surface area contributed by atoms with Crippen LogP contribution in [0.1, 0.15) is 29.3 Å². The van der Waals surface area contributed by atoms with Gasteiger partial charge in [-0.25, -0.2) is 4.68 Å². The number of rotatable bonds is 4. The van der Waals surface area contributed by atoms with Crippen molar-refractivity contribution in [2.75, 3.05) is 12.4 Å². The molecule has 28 heavy (non-hydrogen) atoms. The molecule has 1 atom stereocenters. The number of nitrogens with one attached hydrogen (secondary N) is 2. The number of halogens is 1. The second-order valence-corrected chi connectivity index (χ2v) is 7.93. The maximum Gasteiger partial charge on any atom is 0.224 e. The summed E-state index contributed by atoms with van der Waals surface area (Å²) >= 11 is 3.61. The molecule has 4 rings (SSSR count). The third-order valence-corrected chi connectivity index (χ3v) is 5.61. The van der Waals surface area contributed by atoms with Gasteiger partial charge in [0.1, 0.15) is 0 Å². The van der Waals surface area contributed by atoms with E-state index in [4.69, 9.17) is 0 Å². The minimum atomic E-state index is 0.0154. The highest BCUT2D eigenvalue weighted by atomic mass is 79.9. The quantitative estimate of drug-likeness (QED) is 0.647. The molecule has 0 radical (unpaired) electrons. The highest BCUT2D eigenvalue weighted by Gasteiger charge is 2.25. The highest BCUT2D eigenvalue weighted by molar-refractivity contribution is 9.10. The molecule has 0 bridgehead atoms. The molecule has 6 nitrogen and oxygen atoms in total. The number of hydrogen-bond acceptors (Lipinski definition) is 4. The van der Waals surface area contributed by atoms with Crippen LogP contribution in [-0.2, 0) is 17.8 Å². The molecule has 1 unspecified atom stereocenters. The number of carbonyl (C=O) groups excluding carboxylic acids is 1. The second kappa shape index (κ2) is 7.75. The molecule has 1 aliphatic heterocycles. The molecule has 144 valence electrons. The van der Waals surface area contributed by atoms with Crippen LogP contribution < -0.4 is 10.6 Å². The van der Waals surface area contributed by atoms with E-state index in [2.05, 4.69) is 55.1 Å². The van der Waals surface area contributed by atoms with Gasteiger partial charge in [0.25, 0.3) is 0 Å². The lowest BCUT2D eigenvalue weighted by atomic mass is 9.96. The van der Waals surface area contributed by atoms with Gasteiger partial charge in [-0.2, -0.15) is 0 Å². The fraction of sp³-hybridized carbons (Fsp3) is 0.286. The zero-order valence-electron chi connectivity index (χ0n) is 15.9. The monoisotopic (exact) mass is 439 g/mol. The number of hydrogen-bond donors (Lipinski definition) is 2. The lowest BCUT2D eigenvalue weighted by Crippen LogP contribution is -2.19. The van der Waals surface area contributed by atoms with E-state index < -0.39 is 0 Å². The summed E-state index contributed by atoms with van der Waals surface area (Å²) in [5.41, 5.74) is 6.46. The zero-order chi connectivity index (χ0) is 19.7. The summed E-state index contributed by atoms with van der Waals surface area (Å²) in [6.45, 7) is 2.80. The first-order chi connectivity index (χ1) is 13.5. The van der Waals surface area contributed by atoms with E-state index in [9.17, 15) is 4.79 Å². The van der Waals surface area contributed by atoms with Crippen molar-refractivity contribution < 1.29 is 4.79 Å². The summed E-state index contributed by atoms with van der Waals surface area (Å²) in [6.07, 6.45) is 1.29. The first-order valence-corrected chi connectivity index (χ1v) is 10.1. The molecule has 2 heterocycles. The van der Waals surface area contributed by atoms with Crippen LogP contribution >= 0.6 is 15.9 Å². The smallest absolute Gasteiger partial charge is 0.224 e. The second-order valence-electron chi connectivity index (χ2n) is 7.01. The van der Waals surface area contributed by atoms with Crippen molar-refractivity contribution in [1.82, 2.24) is 20.3 Å². The predicted octanol–water partition coefficient (Wildman–Crippen LogP) is 3.86. The number of likely N-dealkylation sites (N-methyl/N-ethyl adjacent to an activating group) is 1. The van der Waals surface area contributed by atoms with Crippen LogP contribution in [0.2, 0.25) is 0 Å². The number of carbonyl (C=O) groups is 1. The molecule has 2 aromatic carbocycles. The van der Waals surface area contributed by atoms with Gasteiger partial charge in [-0.1, -0.05) is 39.3 Å². The normalized spacial score (nSPS) is 15.3. The Labute approximate surface area is 172 Å². The SMILES string of the molecule is CNC(=O)Cc1ccc(NC2CCn3nnc(C)c3-c3ccc(Br)cc32)cc1. The van der Waals surface area contributed by atoms with Gasteiger partial charge in [0.2, 0.25) is 5.91 Å². The van der Waals surface area contributed by atoms with Crippen molar-refractivity contribution in [1.29, 1.82) is 0 Å². The fourth-order valence-electron chi connectivity index (χ4n) is 3.68. The summed E-state index contributed by atoms with van der Waals surface area (Å²) in [4.78, 5) is 11.6. The number of nitrogens with zero attached hydrogens (tertiary/aromatic N) is 3. The van der Waals surface area contributed by atoms with E-state index in [0.29, 0.717) is 6.42 Å². The number of aryl methyl sites for hydroxylation is 2. The topological polar surface area (TPSA) is 71.8 Å². The van der Waals surface area contributed by atoms with Gasteiger partial charge in [-0.3, -0.25) is 4.79 Å². The van der Waals surface area contributed by atoms with Crippen molar-refractivity contribution in [3.05, 3.63) is 63.8 Å². The first-order valence-electron chi connectivity index (χ1n) is 9.31. The zero-order valence-corrected chi connectivity index (χ0v) is 17.5. The summed E-state index contributed by atoms with van der Waals surface area (Å²) in [7, 11) is 1.65. The Hall–Kier alpha value is -2.67. The first kappa shape index (κ1) is 18.7. The Morgan fingerprint density at radius 3 is 2.79 bits per heavy atom. The molecule has 2 N–H and O–H groups in total. The van der Waals surface area contributed by atoms with Crippen molar-refractivity contribution >= 4 is 27.5 Å². The van der Waals surface area contributed by atoms with E-state index in [1.807, 2.05) is 35.9 Å². The molecule has 0 spiro atoms. The van der Waals surface area contributed by atoms with Crippen LogP contribution in [0, 0.1) is 6.92 Å². The summed E-state index contributed by atoms with van der Waals surface area (Å²) in [6, 6.07) is 14.6. The number of anilines is 1. The van der Waals surface area contributed by atoms with Crippen LogP contribution in [0.15, 0.2) is 46.9 Å². The molecule has 7 heteroatoms. The Bertz CT molecular complexity index is 1010. The number of fused-ring (bicyclic) bond motifs is 3. The Balaban J connectivity index is 1.63. The third kappa shape index (κ3) is 3.67. The van der Waals surface area contributed by atoms with Crippen LogP contribution in [0.3, 0.4) is 0 Å². The highest BCUT2D eigenvalue weighted by Crippen LogP contribution is 2.38. The van der Waals surface area contributed by atoms with Gasteiger partial charge in [0.15, 0.2) is 0 Å². The van der Waals surface area contributed by atoms with E-state index in [-0.39, 0.29) is 11.9 Å². The summed E-state index contributed by atoms with van der Waals surface area (Å²) < 4.78 is 3.05. The molecular weight excluding hydrogens is 418 g/mol. The number of amides is 1. The maximum absolute atomic E-state index is 11.6. The summed E-state index contributed by atoms with van der Waals surface area (Å²) in [5.74, 6) is 0.0154. The molecule has 1 aliphatic rings. The van der Waals surface area contributed by atoms with E-state index in [1.54, 1.807) is 7.05 Å². The average Bonchev–Trinajstić information content (AvgIpc) is 2.99. The van der Waals surface area contributed by atoms with Crippen LogP contribution in [0.25, 0.3) is 11.3 Å². The molecule has 0 saturated carbocycles. The number of benzene rings is 2. The van der Waals surface area contributed by atoms with Gasteiger partial charge < -0.3 is 10.6 Å². The molecule has 0 saturated heterocycles. The predicted molar refractivity (Wildman–Crippen MR) is 113 cm³/mol. The molecule has 0 aliphatic carbocycles. The largest absolute Gasteiger partial charge is 0.378 e. The van der Waals surface area contributed by atoms with Gasteiger partial charge in [0, 0.05) is 29.3 Å². The van der Waals surface area contributed by atoms with Crippen molar-refractivity contribution in [2.24, 2.45) is 0 Å². The van der Waals surface area contributed by atoms with Crippen molar-refractivity contribution in [3.63, 3.8) is 0 Å². The fourth-order valence-corrected chi connectivity index (χ4v) is 4.06. The van der Waals surface area contributed by atoms with E-state index >= 15 is 0 Å². The van der Waals surface area contributed by atoms with E-state index in [0.717, 1.165) is 45.6 Å². The van der Waals surface area contributed by atoms with Gasteiger partial charge in [-0.05, 0) is 48.7 Å². The van der Waals surface area contributed by atoms with Crippen LogP contribution in [0.4, 0.5) is 5.69 Å². The minimum Gasteiger partial charge on any atom is -0.378 e. The lowest BCUT2D eigenvalue weighted by molar-refractivity contribution is -0.119. The standard InChI is InChI=1S/C21H22BrN5O/c1-13-21-17-8-5-15(22)12-18(17)19(9-10-27(21)26-25-13)24-16-6-3-14(4-7-16)11-20(28)23-2/h3-8,12,19,24H,9-11H2,1-2H3,(H,23,28). The third-order valence-electron chi connectivity index (χ3n) is 5.12. The number of aromatic nitrogens is 3. The minimum absolute atomic E-state index is 0.0154. The van der Waals surface area contributed by atoms with Gasteiger partial charge in [0.05, 0.1) is 23.9 Å². The Kier molecular flexibility index (Phi) is 5.17. The van der Waals surface area contributed by atoms with Crippen LogP contribution in [0.5, 0.6) is 0 Å². The van der Waals surface area contributed by atoms with Crippen molar-refractivity contribution in [3.8, 4) is 11.3 Å². The van der Waals surface area contributed by atoms with E-state index in [1.165, 1.54) is 5.56 Å². The molecule has 3 aromatic rings. The maximum atomic E-state index is 11.6. The molecule has 1 aromatic heterocycles. The molecular formula is C21H22BrN5O. The van der Waals surface area contributed by atoms with Crippen molar-refractivity contribution in [2.45, 2.75) is 32.4 Å². The van der Waals surface area contributed by atoms with Gasteiger partial charge in [-0.15, -0.1) is 5.10 Å². The molecule has 1 amide bonds. The summed E-state index contributed by atoms with van der Waals surface area (Å²) in [5, 5.41) is 14.9.